The van der Waals surface area contributed by atoms with Crippen LogP contribution in [0.1, 0.15) is 5.69 Å². The number of rotatable bonds is 3. The van der Waals surface area contributed by atoms with Crippen LogP contribution in [0.2, 0.25) is 5.02 Å². The fraction of sp³-hybridized carbons (Fsp3) is 0.250. The van der Waals surface area contributed by atoms with Crippen LogP contribution in [0.5, 0.6) is 0 Å². The summed E-state index contributed by atoms with van der Waals surface area (Å²) in [5, 5.41) is 4.06. The molecule has 1 heterocycles. The van der Waals surface area contributed by atoms with Gasteiger partial charge in [-0.05, 0) is 18.2 Å². The lowest BCUT2D eigenvalue weighted by Gasteiger charge is -2.10. The number of hydrogen-bond donors (Lipinski definition) is 1. The number of anilines is 1. The van der Waals surface area contributed by atoms with Gasteiger partial charge in [0.25, 0.3) is 0 Å². The highest BCUT2D eigenvalue weighted by molar-refractivity contribution is 6.36. The topological polar surface area (TPSA) is 34.1 Å². The van der Waals surface area contributed by atoms with Crippen LogP contribution >= 0.6 is 11.6 Å². The third-order valence-corrected chi connectivity index (χ3v) is 2.79. The van der Waals surface area contributed by atoms with E-state index in [4.69, 9.17) is 16.3 Å². The molecule has 0 fully saturated rings. The summed E-state index contributed by atoms with van der Waals surface area (Å²) in [7, 11) is 3.33. The maximum atomic E-state index is 13.7. The molecule has 5 heteroatoms. The Morgan fingerprint density at radius 3 is 2.88 bits per heavy atom. The Hall–Kier alpha value is -1.39. The zero-order valence-electron chi connectivity index (χ0n) is 9.55. The maximum absolute atomic E-state index is 13.7. The molecule has 1 aromatic heterocycles. The van der Waals surface area contributed by atoms with Gasteiger partial charge in [0.2, 0.25) is 0 Å². The summed E-state index contributed by atoms with van der Waals surface area (Å²) in [6, 6.07) is 4.64. The fourth-order valence-corrected chi connectivity index (χ4v) is 1.99. The van der Waals surface area contributed by atoms with Gasteiger partial charge in [0.1, 0.15) is 11.3 Å². The molecule has 0 saturated carbocycles. The third-order valence-electron chi connectivity index (χ3n) is 2.48. The predicted molar refractivity (Wildman–Crippen MR) is 67.0 cm³/mol. The highest BCUT2D eigenvalue weighted by atomic mass is 35.5. The van der Waals surface area contributed by atoms with E-state index in [1.807, 2.05) is 0 Å². The van der Waals surface area contributed by atoms with Gasteiger partial charge in [-0.2, -0.15) is 0 Å². The molecule has 0 saturated heterocycles. The molecule has 90 valence electrons. The van der Waals surface area contributed by atoms with Crippen molar-refractivity contribution >= 4 is 28.2 Å². The number of methoxy groups -OCH3 is 1. The molecule has 3 nitrogen and oxygen atoms in total. The van der Waals surface area contributed by atoms with Crippen molar-refractivity contribution in [1.82, 2.24) is 4.98 Å². The number of benzene rings is 1. The Morgan fingerprint density at radius 1 is 1.47 bits per heavy atom. The quantitative estimate of drug-likeness (QED) is 0.913. The predicted octanol–water partition coefficient (Wildman–Crippen LogP) is 3.22. The van der Waals surface area contributed by atoms with Gasteiger partial charge in [0.15, 0.2) is 0 Å². The zero-order valence-corrected chi connectivity index (χ0v) is 10.3. The number of aromatic nitrogens is 1. The van der Waals surface area contributed by atoms with Gasteiger partial charge < -0.3 is 10.1 Å². The molecule has 1 aromatic carbocycles. The summed E-state index contributed by atoms with van der Waals surface area (Å²) >= 11 is 6.06. The molecule has 2 aromatic rings. The van der Waals surface area contributed by atoms with Crippen LogP contribution in [0, 0.1) is 5.82 Å². The second kappa shape index (κ2) is 4.85. The first-order valence-corrected chi connectivity index (χ1v) is 5.49. The van der Waals surface area contributed by atoms with Crippen molar-refractivity contribution in [1.29, 1.82) is 0 Å². The summed E-state index contributed by atoms with van der Waals surface area (Å²) in [6.45, 7) is 0.330. The molecule has 2 rings (SSSR count). The summed E-state index contributed by atoms with van der Waals surface area (Å²) < 4.78 is 18.7. The number of nitrogens with zero attached hydrogens (tertiary/aromatic N) is 1. The maximum Gasteiger partial charge on any atom is 0.149 e. The molecule has 0 aliphatic heterocycles. The summed E-state index contributed by atoms with van der Waals surface area (Å²) in [5.41, 5.74) is 1.66. The number of ether oxygens (including phenoxy) is 1. The van der Waals surface area contributed by atoms with E-state index < -0.39 is 0 Å². The van der Waals surface area contributed by atoms with Crippen molar-refractivity contribution in [3.05, 3.63) is 34.7 Å². The van der Waals surface area contributed by atoms with Crippen LogP contribution in [0.3, 0.4) is 0 Å². The number of pyridine rings is 1. The van der Waals surface area contributed by atoms with E-state index in [0.29, 0.717) is 22.7 Å². The van der Waals surface area contributed by atoms with Gasteiger partial charge in [-0.3, -0.25) is 0 Å². The van der Waals surface area contributed by atoms with Gasteiger partial charge in [0.05, 0.1) is 17.3 Å². The van der Waals surface area contributed by atoms with Crippen LogP contribution in [0.4, 0.5) is 10.1 Å². The van der Waals surface area contributed by atoms with Crippen molar-refractivity contribution < 1.29 is 9.13 Å². The van der Waals surface area contributed by atoms with E-state index in [1.54, 1.807) is 20.2 Å². The van der Waals surface area contributed by atoms with Crippen molar-refractivity contribution in [2.24, 2.45) is 0 Å². The van der Waals surface area contributed by atoms with E-state index in [1.165, 1.54) is 12.1 Å². The Balaban J connectivity index is 2.77. The van der Waals surface area contributed by atoms with Crippen LogP contribution in [0.25, 0.3) is 10.9 Å². The number of halogens is 2. The van der Waals surface area contributed by atoms with Crippen LogP contribution < -0.4 is 5.32 Å². The average Bonchev–Trinajstić information content (AvgIpc) is 2.33. The van der Waals surface area contributed by atoms with Gasteiger partial charge >= 0.3 is 0 Å². The van der Waals surface area contributed by atoms with Gasteiger partial charge in [0, 0.05) is 25.2 Å². The minimum atomic E-state index is -0.390. The summed E-state index contributed by atoms with van der Waals surface area (Å²) in [5.74, 6) is -0.390. The van der Waals surface area contributed by atoms with Crippen molar-refractivity contribution in [2.75, 3.05) is 19.5 Å². The van der Waals surface area contributed by atoms with Crippen molar-refractivity contribution in [3.63, 3.8) is 0 Å². The average molecular weight is 255 g/mol. The molecule has 0 radical (unpaired) electrons. The Bertz CT molecular complexity index is 560. The molecule has 0 unspecified atom stereocenters. The zero-order chi connectivity index (χ0) is 12.4. The van der Waals surface area contributed by atoms with E-state index in [0.717, 1.165) is 5.69 Å². The van der Waals surface area contributed by atoms with Gasteiger partial charge in [-0.1, -0.05) is 11.6 Å². The number of fused-ring (bicyclic) bond motifs is 1. The minimum Gasteiger partial charge on any atom is -0.387 e. The lowest BCUT2D eigenvalue weighted by atomic mass is 10.1. The highest BCUT2D eigenvalue weighted by Crippen LogP contribution is 2.31. The van der Waals surface area contributed by atoms with Gasteiger partial charge in [-0.25, -0.2) is 9.37 Å². The van der Waals surface area contributed by atoms with Gasteiger partial charge in [-0.15, -0.1) is 0 Å². The minimum absolute atomic E-state index is 0.261. The third kappa shape index (κ3) is 2.18. The Kier molecular flexibility index (Phi) is 3.45. The lowest BCUT2D eigenvalue weighted by molar-refractivity contribution is 0.182. The standard InChI is InChI=1S/C12H12ClFN2O/c1-15-10-5-7(6-17-2)16-12-9(14)4-3-8(13)11(10)12/h3-5H,6H2,1-2H3,(H,15,16). The molecule has 0 aliphatic rings. The normalized spacial score (nSPS) is 10.8. The van der Waals surface area contributed by atoms with E-state index in [-0.39, 0.29) is 11.3 Å². The Labute approximate surface area is 104 Å². The second-order valence-electron chi connectivity index (χ2n) is 3.60. The number of nitrogens with one attached hydrogen (secondary N) is 1. The van der Waals surface area contributed by atoms with Crippen molar-refractivity contribution in [2.45, 2.75) is 6.61 Å². The summed E-state index contributed by atoms with van der Waals surface area (Å²) in [4.78, 5) is 4.21. The van der Waals surface area contributed by atoms with Crippen LogP contribution in [-0.4, -0.2) is 19.1 Å². The first kappa shape index (κ1) is 12.1. The molecular weight excluding hydrogens is 243 g/mol. The molecule has 1 N–H and O–H groups in total. The van der Waals surface area contributed by atoms with E-state index in [9.17, 15) is 4.39 Å². The first-order valence-electron chi connectivity index (χ1n) is 5.11. The molecular formula is C12H12ClFN2O. The molecule has 0 amide bonds. The smallest absolute Gasteiger partial charge is 0.149 e. The second-order valence-corrected chi connectivity index (χ2v) is 4.00. The number of hydrogen-bond acceptors (Lipinski definition) is 3. The fourth-order valence-electron chi connectivity index (χ4n) is 1.74. The first-order chi connectivity index (χ1) is 8.17. The van der Waals surface area contributed by atoms with E-state index >= 15 is 0 Å². The summed E-state index contributed by atoms with van der Waals surface area (Å²) in [6.07, 6.45) is 0. The van der Waals surface area contributed by atoms with E-state index in [2.05, 4.69) is 10.3 Å². The highest BCUT2D eigenvalue weighted by Gasteiger charge is 2.12. The monoisotopic (exact) mass is 254 g/mol. The molecule has 0 spiro atoms. The van der Waals surface area contributed by atoms with Crippen LogP contribution in [0.15, 0.2) is 18.2 Å². The molecule has 17 heavy (non-hydrogen) atoms. The lowest BCUT2D eigenvalue weighted by Crippen LogP contribution is -1.99. The van der Waals surface area contributed by atoms with Crippen LogP contribution in [-0.2, 0) is 11.3 Å². The molecule has 0 bridgehead atoms. The molecule has 0 aliphatic carbocycles. The largest absolute Gasteiger partial charge is 0.387 e. The SMILES string of the molecule is CNc1cc(COC)nc2c(F)ccc(Cl)c12. The molecule has 0 atom stereocenters. The Morgan fingerprint density at radius 2 is 2.24 bits per heavy atom. The van der Waals surface area contributed by atoms with Crippen molar-refractivity contribution in [3.8, 4) is 0 Å².